The van der Waals surface area contributed by atoms with Crippen LogP contribution in [0.5, 0.6) is 0 Å². The van der Waals surface area contributed by atoms with Gasteiger partial charge in [-0.05, 0) is 30.9 Å². The normalized spacial score (nSPS) is 22.1. The first-order valence-electron chi connectivity index (χ1n) is 6.96. The first-order valence-corrected chi connectivity index (χ1v) is 6.96. The summed E-state index contributed by atoms with van der Waals surface area (Å²) in [6.45, 7) is 0. The number of aliphatic hydroxyl groups excluding tert-OH is 1. The minimum absolute atomic E-state index is 0.0449. The van der Waals surface area contributed by atoms with E-state index in [2.05, 4.69) is 15.4 Å². The Hall–Kier alpha value is -2.39. The minimum atomic E-state index is -0.214. The molecule has 3 rings (SSSR count). The summed E-state index contributed by atoms with van der Waals surface area (Å²) in [4.78, 5) is 4.26. The summed E-state index contributed by atoms with van der Waals surface area (Å²) in [6, 6.07) is 7.42. The summed E-state index contributed by atoms with van der Waals surface area (Å²) in [6.07, 6.45) is 5.12. The van der Waals surface area contributed by atoms with Crippen molar-refractivity contribution in [2.75, 3.05) is 5.32 Å². The quantitative estimate of drug-likeness (QED) is 0.890. The lowest BCUT2D eigenvalue weighted by atomic mass is 9.75. The largest absolute Gasteiger partial charge is 0.393 e. The number of aliphatic hydroxyl groups is 1. The zero-order valence-corrected chi connectivity index (χ0v) is 11.8. The predicted octanol–water partition coefficient (Wildman–Crippen LogP) is 1.61. The lowest BCUT2D eigenvalue weighted by molar-refractivity contribution is 0.0339. The summed E-state index contributed by atoms with van der Waals surface area (Å²) in [5, 5.41) is 26.1. The summed E-state index contributed by atoms with van der Waals surface area (Å²) in [7, 11) is 1.88. The summed E-state index contributed by atoms with van der Waals surface area (Å²) < 4.78 is 1.76. The van der Waals surface area contributed by atoms with Crippen molar-refractivity contribution < 1.29 is 5.11 Å². The summed E-state index contributed by atoms with van der Waals surface area (Å²) in [5.74, 6) is 1.01. The van der Waals surface area contributed by atoms with Gasteiger partial charge in [-0.25, -0.2) is 4.98 Å². The number of rotatable bonds is 4. The van der Waals surface area contributed by atoms with Gasteiger partial charge in [0.15, 0.2) is 0 Å². The van der Waals surface area contributed by atoms with Crippen LogP contribution in [0.1, 0.15) is 30.1 Å². The molecule has 2 N–H and O–H groups in total. The highest BCUT2D eigenvalue weighted by Gasteiger charge is 2.35. The fourth-order valence-electron chi connectivity index (χ4n) is 2.71. The number of hydrogen-bond donors (Lipinski definition) is 2. The molecule has 0 bridgehead atoms. The van der Waals surface area contributed by atoms with Gasteiger partial charge in [-0.3, -0.25) is 4.68 Å². The van der Waals surface area contributed by atoms with Gasteiger partial charge in [0.05, 0.1) is 18.3 Å². The Labute approximate surface area is 123 Å². The van der Waals surface area contributed by atoms with Gasteiger partial charge >= 0.3 is 0 Å². The van der Waals surface area contributed by atoms with Crippen LogP contribution in [0.25, 0.3) is 0 Å². The van der Waals surface area contributed by atoms with Gasteiger partial charge in [-0.1, -0.05) is 6.07 Å². The molecule has 1 aliphatic carbocycles. The molecule has 0 saturated heterocycles. The van der Waals surface area contributed by atoms with Crippen LogP contribution in [0, 0.1) is 17.2 Å². The van der Waals surface area contributed by atoms with Crippen LogP contribution in [0.15, 0.2) is 30.6 Å². The number of nitriles is 1. The molecule has 0 unspecified atom stereocenters. The molecule has 0 spiro atoms. The molecule has 1 saturated carbocycles. The summed E-state index contributed by atoms with van der Waals surface area (Å²) in [5.41, 5.74) is 1.46. The third kappa shape index (κ3) is 2.88. The van der Waals surface area contributed by atoms with Gasteiger partial charge in [0, 0.05) is 18.8 Å². The molecule has 1 aliphatic rings. The molecule has 1 fully saturated rings. The Bertz CT molecular complexity index is 669. The third-order valence-electron chi connectivity index (χ3n) is 3.87. The van der Waals surface area contributed by atoms with Crippen LogP contribution in [0.3, 0.4) is 0 Å². The van der Waals surface area contributed by atoms with E-state index < -0.39 is 0 Å². The Kier molecular flexibility index (Phi) is 3.59. The number of pyridine rings is 1. The predicted molar refractivity (Wildman–Crippen MR) is 77.3 cm³/mol. The molecule has 21 heavy (non-hydrogen) atoms. The second-order valence-corrected chi connectivity index (χ2v) is 5.47. The van der Waals surface area contributed by atoms with Gasteiger partial charge in [0.25, 0.3) is 0 Å². The zero-order chi connectivity index (χ0) is 14.8. The van der Waals surface area contributed by atoms with E-state index >= 15 is 0 Å². The molecular formula is C15H17N5O. The van der Waals surface area contributed by atoms with Crippen molar-refractivity contribution in [3.63, 3.8) is 0 Å². The molecule has 2 aromatic heterocycles. The van der Waals surface area contributed by atoms with Gasteiger partial charge in [-0.2, -0.15) is 10.4 Å². The van der Waals surface area contributed by atoms with Crippen LogP contribution < -0.4 is 5.32 Å². The fraction of sp³-hybridized carbons (Fsp3) is 0.400. The number of anilines is 1. The maximum atomic E-state index is 9.56. The Morgan fingerprint density at radius 3 is 2.90 bits per heavy atom. The average Bonchev–Trinajstić information content (AvgIpc) is 2.88. The van der Waals surface area contributed by atoms with Crippen molar-refractivity contribution in [1.82, 2.24) is 14.8 Å². The highest BCUT2D eigenvalue weighted by molar-refractivity contribution is 5.41. The van der Waals surface area contributed by atoms with Gasteiger partial charge in [0.2, 0.25) is 0 Å². The molecule has 108 valence electrons. The van der Waals surface area contributed by atoms with E-state index in [0.717, 1.165) is 18.4 Å². The average molecular weight is 283 g/mol. The van der Waals surface area contributed by atoms with Crippen LogP contribution in [0.4, 0.5) is 5.82 Å². The van der Waals surface area contributed by atoms with Crippen LogP contribution in [-0.4, -0.2) is 26.0 Å². The first-order chi connectivity index (χ1) is 10.2. The highest BCUT2D eigenvalue weighted by Crippen LogP contribution is 2.39. The van der Waals surface area contributed by atoms with Crippen LogP contribution >= 0.6 is 0 Å². The maximum Gasteiger partial charge on any atom is 0.142 e. The van der Waals surface area contributed by atoms with E-state index in [-0.39, 0.29) is 12.1 Å². The second-order valence-electron chi connectivity index (χ2n) is 5.47. The number of nitrogens with zero attached hydrogens (tertiary/aromatic N) is 4. The maximum absolute atomic E-state index is 9.56. The van der Waals surface area contributed by atoms with Crippen molar-refractivity contribution in [3.05, 3.63) is 41.9 Å². The highest BCUT2D eigenvalue weighted by atomic mass is 16.3. The van der Waals surface area contributed by atoms with E-state index in [1.807, 2.05) is 37.6 Å². The molecule has 0 aromatic carbocycles. The Morgan fingerprint density at radius 1 is 1.48 bits per heavy atom. The van der Waals surface area contributed by atoms with E-state index in [1.54, 1.807) is 10.7 Å². The standard InChI is InChI=1S/C15H17N5O/c1-20-9-11(8-17-20)15(10-5-13(21)6-10)19-14-4-2-3-12(7-16)18-14/h2-4,8-10,13,15,21H,5-6H2,1H3,(H,18,19)/t10?,13?,15-/m0/s1. The number of aromatic nitrogens is 3. The SMILES string of the molecule is Cn1cc([C@@H](Nc2cccc(C#N)n2)C2CC(O)C2)cn1. The molecular weight excluding hydrogens is 266 g/mol. The molecule has 6 heteroatoms. The van der Waals surface area contributed by atoms with E-state index in [0.29, 0.717) is 17.4 Å². The van der Waals surface area contributed by atoms with Crippen molar-refractivity contribution in [1.29, 1.82) is 5.26 Å². The number of aryl methyl sites for hydroxylation is 1. The van der Waals surface area contributed by atoms with Crippen molar-refractivity contribution >= 4 is 5.82 Å². The molecule has 0 amide bonds. The van der Waals surface area contributed by atoms with Gasteiger partial charge in [-0.15, -0.1) is 0 Å². The molecule has 0 aliphatic heterocycles. The first kappa shape index (κ1) is 13.6. The van der Waals surface area contributed by atoms with Crippen LogP contribution in [0.2, 0.25) is 0 Å². The molecule has 2 heterocycles. The number of hydrogen-bond acceptors (Lipinski definition) is 5. The van der Waals surface area contributed by atoms with Crippen molar-refractivity contribution in [3.8, 4) is 6.07 Å². The molecule has 0 radical (unpaired) electrons. The minimum Gasteiger partial charge on any atom is -0.393 e. The topological polar surface area (TPSA) is 86.8 Å². The zero-order valence-electron chi connectivity index (χ0n) is 11.8. The van der Waals surface area contributed by atoms with E-state index in [1.165, 1.54) is 0 Å². The van der Waals surface area contributed by atoms with Crippen LogP contribution in [-0.2, 0) is 7.05 Å². The second kappa shape index (κ2) is 5.54. The molecule has 2 aromatic rings. The van der Waals surface area contributed by atoms with Crippen molar-refractivity contribution in [2.45, 2.75) is 25.0 Å². The smallest absolute Gasteiger partial charge is 0.142 e. The lowest BCUT2D eigenvalue weighted by Gasteiger charge is -2.37. The lowest BCUT2D eigenvalue weighted by Crippen LogP contribution is -2.36. The van der Waals surface area contributed by atoms with Gasteiger partial charge < -0.3 is 10.4 Å². The van der Waals surface area contributed by atoms with E-state index in [4.69, 9.17) is 5.26 Å². The number of nitrogens with one attached hydrogen (secondary N) is 1. The monoisotopic (exact) mass is 283 g/mol. The van der Waals surface area contributed by atoms with Crippen molar-refractivity contribution in [2.24, 2.45) is 13.0 Å². The molecule has 1 atom stereocenters. The Balaban J connectivity index is 1.83. The summed E-state index contributed by atoms with van der Waals surface area (Å²) >= 11 is 0. The fourth-order valence-corrected chi connectivity index (χ4v) is 2.71. The third-order valence-corrected chi connectivity index (χ3v) is 3.87. The van der Waals surface area contributed by atoms with E-state index in [9.17, 15) is 5.11 Å². The Morgan fingerprint density at radius 2 is 2.29 bits per heavy atom. The van der Waals surface area contributed by atoms with Gasteiger partial charge in [0.1, 0.15) is 17.6 Å². The molecule has 6 nitrogen and oxygen atoms in total.